The van der Waals surface area contributed by atoms with Gasteiger partial charge in [-0.05, 0) is 25.8 Å². The molecule has 1 aliphatic heterocycles. The summed E-state index contributed by atoms with van der Waals surface area (Å²) in [4.78, 5) is 14.8. The molecule has 1 aliphatic carbocycles. The molecule has 0 N–H and O–H groups in total. The third-order valence-corrected chi connectivity index (χ3v) is 6.32. The number of hydrogen-bond donors (Lipinski definition) is 0. The maximum Gasteiger partial charge on any atom is 0.233 e. The fourth-order valence-corrected chi connectivity index (χ4v) is 4.70. The van der Waals surface area contributed by atoms with Gasteiger partial charge in [0.15, 0.2) is 11.0 Å². The van der Waals surface area contributed by atoms with Crippen molar-refractivity contribution in [3.05, 3.63) is 18.1 Å². The molecule has 3 heterocycles. The van der Waals surface area contributed by atoms with Crippen LogP contribution in [0.4, 0.5) is 0 Å². The Kier molecular flexibility index (Phi) is 5.04. The number of carbonyl (C=O) groups excluding carboxylic acids is 1. The largest absolute Gasteiger partial charge is 0.469 e. The second kappa shape index (κ2) is 7.44. The van der Waals surface area contributed by atoms with E-state index in [1.165, 1.54) is 24.6 Å². The van der Waals surface area contributed by atoms with Gasteiger partial charge in [0, 0.05) is 13.6 Å². The Morgan fingerprint density at radius 3 is 3.00 bits per heavy atom. The van der Waals surface area contributed by atoms with Gasteiger partial charge in [-0.2, -0.15) is 0 Å². The molecule has 140 valence electrons. The molecule has 2 atom stereocenters. The fraction of sp³-hybridized carbons (Fsp3) is 0.611. The van der Waals surface area contributed by atoms with Crippen molar-refractivity contribution >= 4 is 17.7 Å². The van der Waals surface area contributed by atoms with Crippen molar-refractivity contribution in [2.24, 2.45) is 7.05 Å². The summed E-state index contributed by atoms with van der Waals surface area (Å²) in [7, 11) is 1.92. The summed E-state index contributed by atoms with van der Waals surface area (Å²) in [6.45, 7) is 3.24. The van der Waals surface area contributed by atoms with E-state index in [0.29, 0.717) is 18.9 Å². The van der Waals surface area contributed by atoms with E-state index < -0.39 is 0 Å². The third kappa shape index (κ3) is 3.27. The van der Waals surface area contributed by atoms with Crippen LogP contribution < -0.4 is 0 Å². The lowest BCUT2D eigenvalue weighted by molar-refractivity contribution is -0.146. The van der Waals surface area contributed by atoms with Gasteiger partial charge in [0.1, 0.15) is 5.76 Å². The fourth-order valence-electron chi connectivity index (χ4n) is 3.91. The number of hydrogen-bond acceptors (Lipinski definition) is 6. The van der Waals surface area contributed by atoms with Crippen LogP contribution in [0, 0.1) is 6.92 Å². The lowest BCUT2D eigenvalue weighted by Gasteiger charge is -2.43. The summed E-state index contributed by atoms with van der Waals surface area (Å²) in [5.74, 6) is 2.11. The summed E-state index contributed by atoms with van der Waals surface area (Å²) < 4.78 is 13.1. The summed E-state index contributed by atoms with van der Waals surface area (Å²) in [6, 6.07) is 2.13. The van der Waals surface area contributed by atoms with Crippen molar-refractivity contribution in [2.75, 3.05) is 18.9 Å². The minimum atomic E-state index is 0.166. The topological polar surface area (TPSA) is 73.4 Å². The highest BCUT2D eigenvalue weighted by Crippen LogP contribution is 2.30. The predicted molar refractivity (Wildman–Crippen MR) is 97.9 cm³/mol. The van der Waals surface area contributed by atoms with Gasteiger partial charge in [-0.1, -0.05) is 24.6 Å². The van der Waals surface area contributed by atoms with Gasteiger partial charge in [0.05, 0.1) is 36.3 Å². The van der Waals surface area contributed by atoms with E-state index in [1.54, 1.807) is 6.26 Å². The average Bonchev–Trinajstić information content (AvgIpc) is 3.24. The molecule has 0 spiro atoms. The number of morpholine rings is 1. The number of fused-ring (bicyclic) bond motifs is 1. The van der Waals surface area contributed by atoms with Crippen LogP contribution in [0.5, 0.6) is 0 Å². The van der Waals surface area contributed by atoms with Crippen LogP contribution in [0.25, 0.3) is 11.4 Å². The van der Waals surface area contributed by atoms with Gasteiger partial charge < -0.3 is 18.6 Å². The second-order valence-electron chi connectivity index (χ2n) is 6.89. The lowest BCUT2D eigenvalue weighted by atomic mass is 9.90. The van der Waals surface area contributed by atoms with E-state index in [0.717, 1.165) is 35.1 Å². The number of amides is 1. The molecule has 2 aromatic rings. The number of furan rings is 1. The quantitative estimate of drug-likeness (QED) is 0.764. The third-order valence-electron chi connectivity index (χ3n) is 5.31. The Morgan fingerprint density at radius 1 is 1.35 bits per heavy atom. The molecule has 8 heteroatoms. The normalized spacial score (nSPS) is 23.1. The van der Waals surface area contributed by atoms with Crippen molar-refractivity contribution in [3.63, 3.8) is 0 Å². The van der Waals surface area contributed by atoms with E-state index in [9.17, 15) is 4.79 Å². The van der Waals surface area contributed by atoms with Crippen molar-refractivity contribution < 1.29 is 13.9 Å². The van der Waals surface area contributed by atoms with Crippen molar-refractivity contribution in [2.45, 2.75) is 49.9 Å². The molecule has 1 amide bonds. The van der Waals surface area contributed by atoms with E-state index in [1.807, 2.05) is 29.5 Å². The molecule has 0 aromatic carbocycles. The molecule has 0 bridgehead atoms. The number of aromatic nitrogens is 3. The maximum absolute atomic E-state index is 12.8. The zero-order valence-electron chi connectivity index (χ0n) is 15.2. The first-order valence-electron chi connectivity index (χ1n) is 9.13. The molecule has 2 aromatic heterocycles. The Balaban J connectivity index is 1.42. The van der Waals surface area contributed by atoms with E-state index in [4.69, 9.17) is 9.15 Å². The molecule has 2 unspecified atom stereocenters. The number of carbonyl (C=O) groups is 1. The summed E-state index contributed by atoms with van der Waals surface area (Å²) in [5, 5.41) is 9.25. The maximum atomic E-state index is 12.8. The SMILES string of the molecule is Cc1occc1-c1nnc(SCC(=O)N2CCOC3CCCCC32)n1C. The van der Waals surface area contributed by atoms with Crippen molar-refractivity contribution in [3.8, 4) is 11.4 Å². The van der Waals surface area contributed by atoms with Crippen LogP contribution in [-0.2, 0) is 16.6 Å². The molecular weight excluding hydrogens is 352 g/mol. The van der Waals surface area contributed by atoms with Crippen molar-refractivity contribution in [1.29, 1.82) is 0 Å². The van der Waals surface area contributed by atoms with Crippen LogP contribution in [0.1, 0.15) is 31.4 Å². The number of nitrogens with zero attached hydrogens (tertiary/aromatic N) is 4. The second-order valence-corrected chi connectivity index (χ2v) is 7.84. The van der Waals surface area contributed by atoms with Crippen LogP contribution in [0.3, 0.4) is 0 Å². The molecular formula is C18H24N4O3S. The number of rotatable bonds is 4. The average molecular weight is 376 g/mol. The lowest BCUT2D eigenvalue weighted by Crippen LogP contribution is -2.55. The summed E-state index contributed by atoms with van der Waals surface area (Å²) >= 11 is 1.44. The first-order valence-corrected chi connectivity index (χ1v) is 10.1. The van der Waals surface area contributed by atoms with E-state index >= 15 is 0 Å². The Labute approximate surface area is 157 Å². The highest BCUT2D eigenvalue weighted by molar-refractivity contribution is 7.99. The van der Waals surface area contributed by atoms with Crippen LogP contribution in [0.15, 0.2) is 21.9 Å². The minimum Gasteiger partial charge on any atom is -0.469 e. The minimum absolute atomic E-state index is 0.166. The monoisotopic (exact) mass is 376 g/mol. The molecule has 1 saturated carbocycles. The molecule has 2 fully saturated rings. The van der Waals surface area contributed by atoms with Crippen LogP contribution >= 0.6 is 11.8 Å². The summed E-state index contributed by atoms with van der Waals surface area (Å²) in [6.07, 6.45) is 6.37. The summed E-state index contributed by atoms with van der Waals surface area (Å²) in [5.41, 5.74) is 0.927. The van der Waals surface area contributed by atoms with Gasteiger partial charge in [-0.25, -0.2) is 0 Å². The van der Waals surface area contributed by atoms with Gasteiger partial charge in [-0.3, -0.25) is 4.79 Å². The first-order chi connectivity index (χ1) is 12.6. The molecule has 7 nitrogen and oxygen atoms in total. The molecule has 26 heavy (non-hydrogen) atoms. The standard InChI is InChI=1S/C18H24N4O3S/c1-12-13(7-9-24-12)17-19-20-18(21(17)2)26-11-16(23)22-8-10-25-15-6-4-3-5-14(15)22/h7,9,14-15H,3-6,8,10-11H2,1-2H3. The van der Waals surface area contributed by atoms with Gasteiger partial charge in [0.2, 0.25) is 5.91 Å². The highest BCUT2D eigenvalue weighted by atomic mass is 32.2. The molecule has 2 aliphatic rings. The Bertz CT molecular complexity index is 785. The van der Waals surface area contributed by atoms with Gasteiger partial charge in [0.25, 0.3) is 0 Å². The van der Waals surface area contributed by atoms with Crippen LogP contribution in [0.2, 0.25) is 0 Å². The van der Waals surface area contributed by atoms with Gasteiger partial charge in [-0.15, -0.1) is 10.2 Å². The molecule has 0 radical (unpaired) electrons. The van der Waals surface area contributed by atoms with Crippen molar-refractivity contribution in [1.82, 2.24) is 19.7 Å². The zero-order chi connectivity index (χ0) is 18.1. The predicted octanol–water partition coefficient (Wildman–Crippen LogP) is 2.65. The number of aryl methyl sites for hydroxylation is 1. The Hall–Kier alpha value is -1.80. The van der Waals surface area contributed by atoms with E-state index in [2.05, 4.69) is 10.2 Å². The zero-order valence-corrected chi connectivity index (χ0v) is 16.0. The smallest absolute Gasteiger partial charge is 0.233 e. The highest BCUT2D eigenvalue weighted by Gasteiger charge is 2.36. The van der Waals surface area contributed by atoms with Crippen LogP contribution in [-0.4, -0.2) is 56.6 Å². The Morgan fingerprint density at radius 2 is 2.19 bits per heavy atom. The molecule has 1 saturated heterocycles. The first kappa shape index (κ1) is 17.6. The van der Waals surface area contributed by atoms with Gasteiger partial charge >= 0.3 is 0 Å². The number of ether oxygens (including phenoxy) is 1. The molecule has 4 rings (SSSR count). The van der Waals surface area contributed by atoms with E-state index in [-0.39, 0.29) is 18.1 Å². The number of thioether (sulfide) groups is 1.